The Bertz CT molecular complexity index is 1030. The molecule has 6 nitrogen and oxygen atoms in total. The highest BCUT2D eigenvalue weighted by Crippen LogP contribution is 2.38. The van der Waals surface area contributed by atoms with Gasteiger partial charge in [-0.15, -0.1) is 0 Å². The van der Waals surface area contributed by atoms with Gasteiger partial charge >= 0.3 is 0 Å². The Morgan fingerprint density at radius 2 is 2.11 bits per heavy atom. The number of benzene rings is 1. The number of fused-ring (bicyclic) bond motifs is 3. The molecule has 0 saturated carbocycles. The third-order valence-electron chi connectivity index (χ3n) is 5.86. The zero-order valence-corrected chi connectivity index (χ0v) is 15.5. The number of halogens is 1. The van der Waals surface area contributed by atoms with E-state index in [0.29, 0.717) is 23.6 Å². The molecule has 2 aliphatic rings. The summed E-state index contributed by atoms with van der Waals surface area (Å²) in [5.41, 5.74) is 1.03. The number of rotatable bonds is 3. The van der Waals surface area contributed by atoms with E-state index >= 15 is 0 Å². The molecule has 0 spiro atoms. The van der Waals surface area contributed by atoms with Crippen molar-refractivity contribution in [3.05, 3.63) is 43.0 Å². The Kier molecular flexibility index (Phi) is 3.94. The first-order chi connectivity index (χ1) is 13.5. The number of aromatic nitrogens is 3. The molecule has 2 bridgehead atoms. The van der Waals surface area contributed by atoms with Crippen molar-refractivity contribution in [3.63, 3.8) is 0 Å². The number of pyridine rings is 1. The van der Waals surface area contributed by atoms with Crippen molar-refractivity contribution in [1.82, 2.24) is 20.3 Å². The fourth-order valence-electron chi connectivity index (χ4n) is 4.39. The molecule has 0 radical (unpaired) electrons. The van der Waals surface area contributed by atoms with Crippen molar-refractivity contribution in [2.75, 3.05) is 0 Å². The van der Waals surface area contributed by atoms with Crippen LogP contribution in [0, 0.1) is 0 Å². The van der Waals surface area contributed by atoms with Crippen molar-refractivity contribution >= 4 is 10.8 Å². The smallest absolute Gasteiger partial charge is 0.232 e. The fraction of sp³-hybridized carbons (Fsp3) is 0.381. The molecule has 0 amide bonds. The molecule has 4 atom stereocenters. The number of ether oxygens (including phenoxy) is 1. The van der Waals surface area contributed by atoms with Crippen LogP contribution in [-0.4, -0.2) is 43.9 Å². The standard InChI is InChI=1S/C21H21FN4O2/c1-21-4-2-15(26-21)20(22)18(8-21)28-19-11-24-16(10-25-19)14-6-12-3-5-23-9-13(12)7-17(14)27/h3,5-7,9-11,15,18,20,26-27H,2,4,8H2,1H3/t15-,18+,20-,21+/m1/s1. The van der Waals surface area contributed by atoms with E-state index in [4.69, 9.17) is 4.74 Å². The third-order valence-corrected chi connectivity index (χ3v) is 5.86. The van der Waals surface area contributed by atoms with Crippen molar-refractivity contribution in [2.45, 2.75) is 50.0 Å². The van der Waals surface area contributed by atoms with Crippen molar-refractivity contribution in [2.24, 2.45) is 0 Å². The van der Waals surface area contributed by atoms with E-state index in [-0.39, 0.29) is 17.3 Å². The van der Waals surface area contributed by atoms with Crippen LogP contribution in [0.1, 0.15) is 26.2 Å². The minimum Gasteiger partial charge on any atom is -0.507 e. The highest BCUT2D eigenvalue weighted by atomic mass is 19.1. The van der Waals surface area contributed by atoms with Crippen molar-refractivity contribution < 1.29 is 14.2 Å². The molecule has 1 aromatic carbocycles. The molecule has 7 heteroatoms. The van der Waals surface area contributed by atoms with Crippen LogP contribution in [0.2, 0.25) is 0 Å². The second kappa shape index (κ2) is 6.38. The Balaban J connectivity index is 1.38. The number of nitrogens with one attached hydrogen (secondary N) is 1. The van der Waals surface area contributed by atoms with Crippen molar-refractivity contribution in [3.8, 4) is 22.9 Å². The van der Waals surface area contributed by atoms with E-state index in [1.165, 1.54) is 6.20 Å². The first-order valence-electron chi connectivity index (χ1n) is 9.48. The Labute approximate surface area is 161 Å². The minimum absolute atomic E-state index is 0.0724. The number of phenolic OH excluding ortho intramolecular Hbond substituents is 1. The summed E-state index contributed by atoms with van der Waals surface area (Å²) in [5.74, 6) is 0.404. The minimum atomic E-state index is -1.06. The van der Waals surface area contributed by atoms with Gasteiger partial charge < -0.3 is 15.2 Å². The molecule has 2 fully saturated rings. The summed E-state index contributed by atoms with van der Waals surface area (Å²) in [6.45, 7) is 2.11. The van der Waals surface area contributed by atoms with E-state index < -0.39 is 12.3 Å². The van der Waals surface area contributed by atoms with Gasteiger partial charge in [0.15, 0.2) is 6.17 Å². The second-order valence-corrected chi connectivity index (χ2v) is 7.99. The summed E-state index contributed by atoms with van der Waals surface area (Å²) in [6, 6.07) is 5.22. The van der Waals surface area contributed by atoms with Gasteiger partial charge in [0.05, 0.1) is 18.1 Å². The number of alkyl halides is 1. The molecule has 5 rings (SSSR count). The molecule has 144 valence electrons. The third kappa shape index (κ3) is 2.96. The average molecular weight is 380 g/mol. The van der Waals surface area contributed by atoms with Crippen LogP contribution >= 0.6 is 0 Å². The summed E-state index contributed by atoms with van der Waals surface area (Å²) < 4.78 is 20.5. The lowest BCUT2D eigenvalue weighted by molar-refractivity contribution is 0.0237. The largest absolute Gasteiger partial charge is 0.507 e. The van der Waals surface area contributed by atoms with Crippen LogP contribution in [0.25, 0.3) is 22.0 Å². The molecule has 0 unspecified atom stereocenters. The lowest BCUT2D eigenvalue weighted by Crippen LogP contribution is -2.57. The van der Waals surface area contributed by atoms with Crippen LogP contribution in [0.5, 0.6) is 11.6 Å². The lowest BCUT2D eigenvalue weighted by Gasteiger charge is -2.38. The van der Waals surface area contributed by atoms with Gasteiger partial charge in [-0.2, -0.15) is 0 Å². The second-order valence-electron chi connectivity index (χ2n) is 7.99. The van der Waals surface area contributed by atoms with E-state index in [1.807, 2.05) is 12.1 Å². The molecule has 3 aromatic rings. The predicted molar refractivity (Wildman–Crippen MR) is 103 cm³/mol. The molecule has 2 aliphatic heterocycles. The topological polar surface area (TPSA) is 80.2 Å². The van der Waals surface area contributed by atoms with E-state index in [2.05, 4.69) is 27.2 Å². The van der Waals surface area contributed by atoms with Crippen LogP contribution in [0.3, 0.4) is 0 Å². The van der Waals surface area contributed by atoms with Crippen molar-refractivity contribution in [1.29, 1.82) is 0 Å². The predicted octanol–water partition coefficient (Wildman–Crippen LogP) is 3.40. The summed E-state index contributed by atoms with van der Waals surface area (Å²) >= 11 is 0. The fourth-order valence-corrected chi connectivity index (χ4v) is 4.39. The van der Waals surface area contributed by atoms with E-state index in [9.17, 15) is 9.50 Å². The molecular formula is C21H21FN4O2. The monoisotopic (exact) mass is 380 g/mol. The summed E-state index contributed by atoms with van der Waals surface area (Å²) in [7, 11) is 0. The van der Waals surface area contributed by atoms with Gasteiger partial charge in [0.25, 0.3) is 0 Å². The number of aromatic hydroxyl groups is 1. The van der Waals surface area contributed by atoms with Gasteiger partial charge in [0.2, 0.25) is 5.88 Å². The maximum atomic E-state index is 14.7. The quantitative estimate of drug-likeness (QED) is 0.725. The summed E-state index contributed by atoms with van der Waals surface area (Å²) in [6.07, 6.45) is 7.24. The molecule has 0 aliphatic carbocycles. The molecular weight excluding hydrogens is 359 g/mol. The first-order valence-corrected chi connectivity index (χ1v) is 9.48. The number of hydrogen-bond donors (Lipinski definition) is 2. The average Bonchev–Trinajstić information content (AvgIpc) is 3.04. The molecule has 2 aromatic heterocycles. The maximum absolute atomic E-state index is 14.7. The van der Waals surface area contributed by atoms with Crippen LogP contribution in [0.4, 0.5) is 4.39 Å². The molecule has 4 heterocycles. The zero-order valence-electron chi connectivity index (χ0n) is 15.5. The zero-order chi connectivity index (χ0) is 19.3. The Morgan fingerprint density at radius 3 is 2.93 bits per heavy atom. The summed E-state index contributed by atoms with van der Waals surface area (Å²) in [5, 5.41) is 15.5. The number of nitrogens with zero attached hydrogens (tertiary/aromatic N) is 3. The Morgan fingerprint density at radius 1 is 1.21 bits per heavy atom. The Hall–Kier alpha value is -2.80. The highest BCUT2D eigenvalue weighted by molar-refractivity contribution is 5.89. The SMILES string of the molecule is C[C@@]12CC[C@@H](N1)[C@@H](F)[C@@H](Oc1cnc(-c3cc4ccncc4cc3O)cn1)C2. The van der Waals surface area contributed by atoms with Gasteiger partial charge in [-0.05, 0) is 43.4 Å². The molecule has 2 saturated heterocycles. The summed E-state index contributed by atoms with van der Waals surface area (Å²) in [4.78, 5) is 12.7. The molecule has 28 heavy (non-hydrogen) atoms. The van der Waals surface area contributed by atoms with Gasteiger partial charge in [0, 0.05) is 41.3 Å². The first kappa shape index (κ1) is 17.3. The van der Waals surface area contributed by atoms with Crippen LogP contribution in [-0.2, 0) is 0 Å². The number of hydrogen-bond acceptors (Lipinski definition) is 6. The van der Waals surface area contributed by atoms with E-state index in [1.54, 1.807) is 24.7 Å². The number of piperidine rings is 1. The van der Waals surface area contributed by atoms with Gasteiger partial charge in [-0.3, -0.25) is 4.98 Å². The van der Waals surface area contributed by atoms with Crippen LogP contribution < -0.4 is 10.1 Å². The maximum Gasteiger partial charge on any atom is 0.232 e. The van der Waals surface area contributed by atoms with Gasteiger partial charge in [-0.1, -0.05) is 0 Å². The normalized spacial score (nSPS) is 29.1. The van der Waals surface area contributed by atoms with Crippen LogP contribution in [0.15, 0.2) is 43.0 Å². The number of phenols is 1. The van der Waals surface area contributed by atoms with Gasteiger partial charge in [-0.25, -0.2) is 14.4 Å². The lowest BCUT2D eigenvalue weighted by atomic mass is 9.90. The van der Waals surface area contributed by atoms with E-state index in [0.717, 1.165) is 23.6 Å². The molecule has 2 N–H and O–H groups in total. The highest BCUT2D eigenvalue weighted by Gasteiger charge is 2.49. The van der Waals surface area contributed by atoms with Gasteiger partial charge in [0.1, 0.15) is 11.9 Å².